The van der Waals surface area contributed by atoms with E-state index in [0.29, 0.717) is 5.88 Å². The van der Waals surface area contributed by atoms with Gasteiger partial charge in [0.15, 0.2) is 0 Å². The number of aromatic nitrogens is 2. The maximum absolute atomic E-state index is 5.51. The zero-order chi connectivity index (χ0) is 14.3. The van der Waals surface area contributed by atoms with Gasteiger partial charge in [0.1, 0.15) is 5.69 Å². The Morgan fingerprint density at radius 3 is 2.53 bits per heavy atom. The van der Waals surface area contributed by atoms with E-state index in [4.69, 9.17) is 9.47 Å². The van der Waals surface area contributed by atoms with Crippen LogP contribution in [0.1, 0.15) is 45.3 Å². The third-order valence-electron chi connectivity index (χ3n) is 3.10. The van der Waals surface area contributed by atoms with Crippen LogP contribution < -0.4 is 10.1 Å². The molecule has 1 atom stereocenters. The Labute approximate surface area is 115 Å². The average Bonchev–Trinajstić information content (AvgIpc) is 2.43. The molecule has 0 saturated carbocycles. The van der Waals surface area contributed by atoms with Crippen LogP contribution in [-0.4, -0.2) is 36.3 Å². The topological polar surface area (TPSA) is 56.3 Å². The Hall–Kier alpha value is -1.20. The molecule has 1 aromatic rings. The molecule has 1 rings (SSSR count). The van der Waals surface area contributed by atoms with E-state index < -0.39 is 0 Å². The van der Waals surface area contributed by atoms with Crippen molar-refractivity contribution in [3.63, 3.8) is 0 Å². The summed E-state index contributed by atoms with van der Waals surface area (Å²) in [5.74, 6) is 0.572. The zero-order valence-corrected chi connectivity index (χ0v) is 12.6. The summed E-state index contributed by atoms with van der Waals surface area (Å²) in [6.07, 6.45) is 5.20. The van der Waals surface area contributed by atoms with Crippen molar-refractivity contribution in [2.75, 3.05) is 20.8 Å². The van der Waals surface area contributed by atoms with Gasteiger partial charge in [0, 0.05) is 19.5 Å². The maximum Gasteiger partial charge on any atom is 0.236 e. The van der Waals surface area contributed by atoms with Crippen molar-refractivity contribution < 1.29 is 9.47 Å². The number of nitrogens with zero attached hydrogens (tertiary/aromatic N) is 2. The molecule has 0 spiro atoms. The molecule has 0 saturated heterocycles. The molecule has 0 radical (unpaired) electrons. The van der Waals surface area contributed by atoms with Gasteiger partial charge in [-0.3, -0.25) is 4.98 Å². The number of rotatable bonds is 8. The van der Waals surface area contributed by atoms with Gasteiger partial charge in [0.05, 0.1) is 18.8 Å². The van der Waals surface area contributed by atoms with Crippen molar-refractivity contribution in [2.45, 2.75) is 45.3 Å². The van der Waals surface area contributed by atoms with Gasteiger partial charge in [-0.25, -0.2) is 4.98 Å². The minimum Gasteiger partial charge on any atom is -0.480 e. The van der Waals surface area contributed by atoms with Gasteiger partial charge in [0.25, 0.3) is 0 Å². The van der Waals surface area contributed by atoms with Gasteiger partial charge in [-0.15, -0.1) is 0 Å². The summed E-state index contributed by atoms with van der Waals surface area (Å²) in [5.41, 5.74) is 0.608. The first-order valence-electron chi connectivity index (χ1n) is 6.67. The lowest BCUT2D eigenvalue weighted by Gasteiger charge is -2.29. The zero-order valence-electron chi connectivity index (χ0n) is 12.6. The van der Waals surface area contributed by atoms with Crippen LogP contribution in [-0.2, 0) is 4.74 Å². The molecule has 1 aromatic heterocycles. The van der Waals surface area contributed by atoms with Crippen molar-refractivity contribution in [1.82, 2.24) is 15.3 Å². The predicted molar refractivity (Wildman–Crippen MR) is 75.3 cm³/mol. The highest BCUT2D eigenvalue weighted by molar-refractivity contribution is 5.21. The number of hydrogen-bond donors (Lipinski definition) is 1. The second kappa shape index (κ2) is 7.40. The summed E-state index contributed by atoms with van der Waals surface area (Å²) in [6, 6.07) is 0.0681. The number of hydrogen-bond acceptors (Lipinski definition) is 5. The molecule has 0 amide bonds. The molecule has 5 heteroatoms. The van der Waals surface area contributed by atoms with E-state index in [2.05, 4.69) is 36.1 Å². The molecule has 0 bridgehead atoms. The maximum atomic E-state index is 5.51. The predicted octanol–water partition coefficient (Wildman–Crippen LogP) is 2.34. The fourth-order valence-electron chi connectivity index (χ4n) is 1.89. The van der Waals surface area contributed by atoms with Gasteiger partial charge in [0.2, 0.25) is 5.88 Å². The second-order valence-electron chi connectivity index (χ2n) is 5.13. The Morgan fingerprint density at radius 1 is 1.26 bits per heavy atom. The van der Waals surface area contributed by atoms with Crippen LogP contribution in [0.5, 0.6) is 5.88 Å². The summed E-state index contributed by atoms with van der Waals surface area (Å²) in [6.45, 7) is 7.19. The van der Waals surface area contributed by atoms with Crippen molar-refractivity contribution in [1.29, 1.82) is 0 Å². The first-order chi connectivity index (χ1) is 9.04. The fraction of sp³-hybridized carbons (Fsp3) is 0.714. The lowest BCUT2D eigenvalue weighted by molar-refractivity contribution is 0.00626. The molecular weight excluding hydrogens is 242 g/mol. The minimum atomic E-state index is -0.228. The molecule has 0 aliphatic carbocycles. The normalized spacial score (nSPS) is 13.3. The summed E-state index contributed by atoms with van der Waals surface area (Å²) in [7, 11) is 3.34. The highest BCUT2D eigenvalue weighted by atomic mass is 16.5. The molecule has 1 N–H and O–H groups in total. The second-order valence-corrected chi connectivity index (χ2v) is 5.13. The first kappa shape index (κ1) is 15.9. The van der Waals surface area contributed by atoms with Crippen LogP contribution in [0.15, 0.2) is 12.4 Å². The Kier molecular flexibility index (Phi) is 6.18. The van der Waals surface area contributed by atoms with Gasteiger partial charge in [-0.1, -0.05) is 6.92 Å². The van der Waals surface area contributed by atoms with Crippen LogP contribution in [0.3, 0.4) is 0 Å². The summed E-state index contributed by atoms with van der Waals surface area (Å²) < 4.78 is 10.8. The molecule has 0 aromatic carbocycles. The van der Waals surface area contributed by atoms with Gasteiger partial charge in [-0.2, -0.15) is 0 Å². The number of ether oxygens (including phenoxy) is 2. The molecule has 1 heterocycles. The standard InChI is InChI=1S/C14H25N3O2/c1-6-7-15-11(10-14(2,3)19-5)12-13(18-4)17-9-8-16-12/h8-9,11,15H,6-7,10H2,1-5H3. The summed E-state index contributed by atoms with van der Waals surface area (Å²) in [5, 5.41) is 3.49. The van der Waals surface area contributed by atoms with Gasteiger partial charge < -0.3 is 14.8 Å². The van der Waals surface area contributed by atoms with Crippen molar-refractivity contribution in [3.8, 4) is 5.88 Å². The van der Waals surface area contributed by atoms with E-state index in [1.165, 1.54) is 0 Å². The van der Waals surface area contributed by atoms with Crippen LogP contribution in [0.25, 0.3) is 0 Å². The Morgan fingerprint density at radius 2 is 1.95 bits per heavy atom. The molecule has 5 nitrogen and oxygen atoms in total. The van der Waals surface area contributed by atoms with Crippen LogP contribution in [0.4, 0.5) is 0 Å². The molecule has 0 aliphatic rings. The van der Waals surface area contributed by atoms with E-state index in [1.807, 2.05) is 0 Å². The van der Waals surface area contributed by atoms with Gasteiger partial charge >= 0.3 is 0 Å². The molecular formula is C14H25N3O2. The Bertz CT molecular complexity index is 383. The fourth-order valence-corrected chi connectivity index (χ4v) is 1.89. The average molecular weight is 267 g/mol. The van der Waals surface area contributed by atoms with E-state index in [1.54, 1.807) is 26.6 Å². The molecule has 1 unspecified atom stereocenters. The van der Waals surface area contributed by atoms with E-state index in [9.17, 15) is 0 Å². The monoisotopic (exact) mass is 267 g/mol. The lowest BCUT2D eigenvalue weighted by atomic mass is 9.96. The van der Waals surface area contributed by atoms with Crippen molar-refractivity contribution in [2.24, 2.45) is 0 Å². The van der Waals surface area contributed by atoms with E-state index in [0.717, 1.165) is 25.1 Å². The van der Waals surface area contributed by atoms with Crippen LogP contribution in [0.2, 0.25) is 0 Å². The van der Waals surface area contributed by atoms with Crippen LogP contribution >= 0.6 is 0 Å². The summed E-state index contributed by atoms with van der Waals surface area (Å²) >= 11 is 0. The third kappa shape index (κ3) is 4.76. The first-order valence-corrected chi connectivity index (χ1v) is 6.67. The quantitative estimate of drug-likeness (QED) is 0.783. The number of nitrogens with one attached hydrogen (secondary N) is 1. The smallest absolute Gasteiger partial charge is 0.236 e. The van der Waals surface area contributed by atoms with Crippen molar-refractivity contribution >= 4 is 0 Å². The lowest BCUT2D eigenvalue weighted by Crippen LogP contribution is -2.33. The van der Waals surface area contributed by atoms with E-state index >= 15 is 0 Å². The molecule has 108 valence electrons. The van der Waals surface area contributed by atoms with Crippen molar-refractivity contribution in [3.05, 3.63) is 18.1 Å². The molecule has 19 heavy (non-hydrogen) atoms. The largest absolute Gasteiger partial charge is 0.480 e. The Balaban J connectivity index is 2.95. The highest BCUT2D eigenvalue weighted by Crippen LogP contribution is 2.28. The summed E-state index contributed by atoms with van der Waals surface area (Å²) in [4.78, 5) is 8.63. The van der Waals surface area contributed by atoms with Crippen LogP contribution in [0, 0.1) is 0 Å². The molecule has 0 aliphatic heterocycles. The SMILES string of the molecule is CCCNC(CC(C)(C)OC)c1nccnc1OC. The third-order valence-corrected chi connectivity index (χ3v) is 3.10. The molecule has 0 fully saturated rings. The van der Waals surface area contributed by atoms with E-state index in [-0.39, 0.29) is 11.6 Å². The number of methoxy groups -OCH3 is 2. The highest BCUT2D eigenvalue weighted by Gasteiger charge is 2.27. The minimum absolute atomic E-state index is 0.0681. The van der Waals surface area contributed by atoms with Gasteiger partial charge in [-0.05, 0) is 33.2 Å².